The first-order chi connectivity index (χ1) is 13.5. The SMILES string of the molecule is CC(C)[C@@H](N[C@@H](C)C(=O)Nc1ccc(N2CCOCC2)cc1)c1ccccc1. The zero-order valence-electron chi connectivity index (χ0n) is 17.0. The van der Waals surface area contributed by atoms with Crippen LogP contribution in [-0.2, 0) is 9.53 Å². The molecule has 3 rings (SSSR count). The average molecular weight is 382 g/mol. The summed E-state index contributed by atoms with van der Waals surface area (Å²) < 4.78 is 5.40. The summed E-state index contributed by atoms with van der Waals surface area (Å²) in [5.41, 5.74) is 3.18. The molecule has 1 aliphatic rings. The molecular weight excluding hydrogens is 350 g/mol. The van der Waals surface area contributed by atoms with Crippen molar-refractivity contribution in [3.8, 4) is 0 Å². The highest BCUT2D eigenvalue weighted by atomic mass is 16.5. The van der Waals surface area contributed by atoms with E-state index in [1.54, 1.807) is 0 Å². The lowest BCUT2D eigenvalue weighted by Gasteiger charge is -2.29. The number of hydrogen-bond donors (Lipinski definition) is 2. The molecular formula is C23H31N3O2. The maximum absolute atomic E-state index is 12.7. The molecule has 2 aromatic carbocycles. The fraction of sp³-hybridized carbons (Fsp3) is 0.435. The fourth-order valence-corrected chi connectivity index (χ4v) is 3.51. The van der Waals surface area contributed by atoms with Crippen molar-refractivity contribution in [3.05, 3.63) is 60.2 Å². The largest absolute Gasteiger partial charge is 0.378 e. The van der Waals surface area contributed by atoms with Crippen molar-refractivity contribution in [3.63, 3.8) is 0 Å². The Bertz CT molecular complexity index is 740. The Morgan fingerprint density at radius 1 is 0.964 bits per heavy atom. The molecule has 5 heteroatoms. The van der Waals surface area contributed by atoms with Crippen molar-refractivity contribution in [2.45, 2.75) is 32.9 Å². The third-order valence-corrected chi connectivity index (χ3v) is 5.16. The van der Waals surface area contributed by atoms with Gasteiger partial charge in [-0.05, 0) is 42.7 Å². The van der Waals surface area contributed by atoms with Crippen LogP contribution in [0.25, 0.3) is 0 Å². The Balaban J connectivity index is 1.58. The third-order valence-electron chi connectivity index (χ3n) is 5.16. The number of nitrogens with zero attached hydrogens (tertiary/aromatic N) is 1. The highest BCUT2D eigenvalue weighted by Gasteiger charge is 2.21. The van der Waals surface area contributed by atoms with Crippen LogP contribution in [0.4, 0.5) is 11.4 Å². The van der Waals surface area contributed by atoms with Crippen LogP contribution in [0.2, 0.25) is 0 Å². The molecule has 1 heterocycles. The summed E-state index contributed by atoms with van der Waals surface area (Å²) in [5.74, 6) is 0.353. The summed E-state index contributed by atoms with van der Waals surface area (Å²) in [6, 6.07) is 18.2. The number of amides is 1. The van der Waals surface area contributed by atoms with Gasteiger partial charge in [0.2, 0.25) is 5.91 Å². The molecule has 0 saturated carbocycles. The molecule has 28 heavy (non-hydrogen) atoms. The van der Waals surface area contributed by atoms with E-state index in [-0.39, 0.29) is 18.0 Å². The van der Waals surface area contributed by atoms with E-state index in [9.17, 15) is 4.79 Å². The monoisotopic (exact) mass is 381 g/mol. The number of benzene rings is 2. The molecule has 0 aromatic heterocycles. The van der Waals surface area contributed by atoms with Crippen molar-refractivity contribution >= 4 is 17.3 Å². The lowest BCUT2D eigenvalue weighted by atomic mass is 9.95. The Labute approximate surface area is 168 Å². The molecule has 0 spiro atoms. The van der Waals surface area contributed by atoms with Crippen LogP contribution in [-0.4, -0.2) is 38.3 Å². The number of carbonyl (C=O) groups is 1. The zero-order valence-corrected chi connectivity index (χ0v) is 17.0. The first-order valence-corrected chi connectivity index (χ1v) is 10.1. The minimum Gasteiger partial charge on any atom is -0.378 e. The number of morpholine rings is 1. The van der Waals surface area contributed by atoms with Gasteiger partial charge in [0.25, 0.3) is 0 Å². The molecule has 0 aliphatic carbocycles. The highest BCUT2D eigenvalue weighted by Crippen LogP contribution is 2.23. The molecule has 2 atom stereocenters. The summed E-state index contributed by atoms with van der Waals surface area (Å²) >= 11 is 0. The summed E-state index contributed by atoms with van der Waals surface area (Å²) in [6.07, 6.45) is 0. The summed E-state index contributed by atoms with van der Waals surface area (Å²) in [7, 11) is 0. The summed E-state index contributed by atoms with van der Waals surface area (Å²) in [5, 5.41) is 6.50. The van der Waals surface area contributed by atoms with Crippen molar-refractivity contribution in [1.29, 1.82) is 0 Å². The summed E-state index contributed by atoms with van der Waals surface area (Å²) in [4.78, 5) is 15.0. The molecule has 1 amide bonds. The van der Waals surface area contributed by atoms with E-state index in [1.165, 1.54) is 5.56 Å². The smallest absolute Gasteiger partial charge is 0.241 e. The van der Waals surface area contributed by atoms with Crippen LogP contribution in [0.3, 0.4) is 0 Å². The van der Waals surface area contributed by atoms with Crippen LogP contribution in [0.1, 0.15) is 32.4 Å². The van der Waals surface area contributed by atoms with Gasteiger partial charge in [0.1, 0.15) is 0 Å². The molecule has 2 aromatic rings. The predicted octanol–water partition coefficient (Wildman–Crippen LogP) is 3.84. The Hall–Kier alpha value is -2.37. The predicted molar refractivity (Wildman–Crippen MR) is 115 cm³/mol. The molecule has 150 valence electrons. The van der Waals surface area contributed by atoms with Gasteiger partial charge in [0.05, 0.1) is 19.3 Å². The zero-order chi connectivity index (χ0) is 19.9. The quantitative estimate of drug-likeness (QED) is 0.765. The number of ether oxygens (including phenoxy) is 1. The molecule has 5 nitrogen and oxygen atoms in total. The number of hydrogen-bond acceptors (Lipinski definition) is 4. The van der Waals surface area contributed by atoms with Crippen LogP contribution in [0, 0.1) is 5.92 Å². The van der Waals surface area contributed by atoms with Gasteiger partial charge in [-0.1, -0.05) is 44.2 Å². The lowest BCUT2D eigenvalue weighted by molar-refractivity contribution is -0.118. The van der Waals surface area contributed by atoms with Gasteiger partial charge in [-0.15, -0.1) is 0 Å². The maximum Gasteiger partial charge on any atom is 0.241 e. The molecule has 0 unspecified atom stereocenters. The van der Waals surface area contributed by atoms with E-state index < -0.39 is 0 Å². The lowest BCUT2D eigenvalue weighted by Crippen LogP contribution is -2.41. The van der Waals surface area contributed by atoms with Gasteiger partial charge in [0.15, 0.2) is 0 Å². The van der Waals surface area contributed by atoms with E-state index in [4.69, 9.17) is 4.74 Å². The van der Waals surface area contributed by atoms with Crippen LogP contribution < -0.4 is 15.5 Å². The average Bonchev–Trinajstić information content (AvgIpc) is 2.73. The number of anilines is 2. The fourth-order valence-electron chi connectivity index (χ4n) is 3.51. The van der Waals surface area contributed by atoms with Gasteiger partial charge in [0, 0.05) is 30.5 Å². The maximum atomic E-state index is 12.7. The van der Waals surface area contributed by atoms with Crippen LogP contribution in [0.15, 0.2) is 54.6 Å². The second-order valence-electron chi connectivity index (χ2n) is 7.66. The van der Waals surface area contributed by atoms with Crippen LogP contribution >= 0.6 is 0 Å². The van der Waals surface area contributed by atoms with Gasteiger partial charge in [-0.2, -0.15) is 0 Å². The van der Waals surface area contributed by atoms with Gasteiger partial charge in [-0.3, -0.25) is 10.1 Å². The van der Waals surface area contributed by atoms with Gasteiger partial charge < -0.3 is 15.0 Å². The van der Waals surface area contributed by atoms with Gasteiger partial charge in [-0.25, -0.2) is 0 Å². The number of carbonyl (C=O) groups excluding carboxylic acids is 1. The van der Waals surface area contributed by atoms with E-state index in [2.05, 4.69) is 53.6 Å². The van der Waals surface area contributed by atoms with E-state index in [0.717, 1.165) is 37.7 Å². The second-order valence-corrected chi connectivity index (χ2v) is 7.66. The third kappa shape index (κ3) is 5.33. The Morgan fingerprint density at radius 2 is 1.61 bits per heavy atom. The second kappa shape index (κ2) is 9.71. The van der Waals surface area contributed by atoms with Crippen molar-refractivity contribution in [1.82, 2.24) is 5.32 Å². The van der Waals surface area contributed by atoms with Crippen molar-refractivity contribution in [2.75, 3.05) is 36.5 Å². The Kier molecular flexibility index (Phi) is 7.06. The van der Waals surface area contributed by atoms with E-state index >= 15 is 0 Å². The van der Waals surface area contributed by atoms with E-state index in [0.29, 0.717) is 5.92 Å². The number of rotatable bonds is 7. The van der Waals surface area contributed by atoms with E-state index in [1.807, 2.05) is 37.3 Å². The normalized spacial score (nSPS) is 16.6. The minimum absolute atomic E-state index is 0.0271. The number of nitrogens with one attached hydrogen (secondary N) is 2. The topological polar surface area (TPSA) is 53.6 Å². The van der Waals surface area contributed by atoms with Crippen LogP contribution in [0.5, 0.6) is 0 Å². The molecule has 0 bridgehead atoms. The highest BCUT2D eigenvalue weighted by molar-refractivity contribution is 5.94. The molecule has 1 saturated heterocycles. The van der Waals surface area contributed by atoms with Gasteiger partial charge >= 0.3 is 0 Å². The Morgan fingerprint density at radius 3 is 2.21 bits per heavy atom. The first kappa shape index (κ1) is 20.4. The summed E-state index contributed by atoms with van der Waals surface area (Å²) in [6.45, 7) is 9.58. The first-order valence-electron chi connectivity index (χ1n) is 10.1. The van der Waals surface area contributed by atoms with Crippen molar-refractivity contribution in [2.24, 2.45) is 5.92 Å². The molecule has 1 aliphatic heterocycles. The minimum atomic E-state index is -0.300. The van der Waals surface area contributed by atoms with Crippen molar-refractivity contribution < 1.29 is 9.53 Å². The standard InChI is InChI=1S/C23H31N3O2/c1-17(2)22(19-7-5-4-6-8-19)24-18(3)23(27)25-20-9-11-21(12-10-20)26-13-15-28-16-14-26/h4-12,17-18,22,24H,13-16H2,1-3H3,(H,25,27)/t18-,22+/m0/s1. The molecule has 1 fully saturated rings. The molecule has 0 radical (unpaired) electrons. The molecule has 2 N–H and O–H groups in total.